The summed E-state index contributed by atoms with van der Waals surface area (Å²) < 4.78 is 1.24. The molecule has 0 amide bonds. The van der Waals surface area contributed by atoms with Crippen LogP contribution in [0.5, 0.6) is 0 Å². The topological polar surface area (TPSA) is 40.7 Å². The van der Waals surface area contributed by atoms with Gasteiger partial charge in [0, 0.05) is 23.3 Å². The molecule has 0 saturated carbocycles. The summed E-state index contributed by atoms with van der Waals surface area (Å²) in [5.41, 5.74) is 1.47. The Bertz CT molecular complexity index is 520. The Hall–Kier alpha value is -0.650. The number of aromatic amines is 1. The molecule has 0 saturated heterocycles. The zero-order chi connectivity index (χ0) is 12.5. The van der Waals surface area contributed by atoms with E-state index in [4.69, 9.17) is 0 Å². The van der Waals surface area contributed by atoms with Crippen molar-refractivity contribution in [1.82, 2.24) is 15.3 Å². The highest BCUT2D eigenvalue weighted by Gasteiger charge is 2.24. The van der Waals surface area contributed by atoms with Gasteiger partial charge in [0.15, 0.2) is 0 Å². The molecule has 5 heteroatoms. The van der Waals surface area contributed by atoms with Gasteiger partial charge in [-0.15, -0.1) is 11.3 Å². The van der Waals surface area contributed by atoms with E-state index >= 15 is 0 Å². The fourth-order valence-corrected chi connectivity index (χ4v) is 4.41. The van der Waals surface area contributed by atoms with Crippen molar-refractivity contribution in [2.75, 3.05) is 0 Å². The van der Waals surface area contributed by atoms with E-state index in [9.17, 15) is 0 Å². The molecular weight excluding hydrogens is 310 g/mol. The van der Waals surface area contributed by atoms with Crippen LogP contribution in [0.1, 0.15) is 48.1 Å². The first-order valence-corrected chi connectivity index (χ1v) is 7.88. The minimum Gasteiger partial charge on any atom is -0.347 e. The summed E-state index contributed by atoms with van der Waals surface area (Å²) in [7, 11) is 0. The van der Waals surface area contributed by atoms with Crippen LogP contribution in [0.15, 0.2) is 22.2 Å². The standard InChI is InChI=1S/C13H16BrN3S/c1-8(13-15-5-6-16-13)17-10-3-2-4-11-9(10)7-12(14)18-11/h5-8,10,17H,2-4H2,1H3,(H,15,16). The summed E-state index contributed by atoms with van der Waals surface area (Å²) in [6.07, 6.45) is 7.38. The lowest BCUT2D eigenvalue weighted by Gasteiger charge is -2.26. The molecule has 0 spiro atoms. The summed E-state index contributed by atoms with van der Waals surface area (Å²) in [6.45, 7) is 2.16. The van der Waals surface area contributed by atoms with Crippen molar-refractivity contribution < 1.29 is 0 Å². The van der Waals surface area contributed by atoms with Crippen molar-refractivity contribution in [3.05, 3.63) is 38.5 Å². The van der Waals surface area contributed by atoms with Crippen LogP contribution in [0.2, 0.25) is 0 Å². The lowest BCUT2D eigenvalue weighted by Crippen LogP contribution is -2.27. The van der Waals surface area contributed by atoms with Crippen molar-refractivity contribution in [3.8, 4) is 0 Å². The first-order valence-electron chi connectivity index (χ1n) is 6.27. The number of nitrogens with zero attached hydrogens (tertiary/aromatic N) is 1. The van der Waals surface area contributed by atoms with Crippen LogP contribution in [0, 0.1) is 0 Å². The highest BCUT2D eigenvalue weighted by atomic mass is 79.9. The predicted molar refractivity (Wildman–Crippen MR) is 77.8 cm³/mol. The molecule has 1 aliphatic carbocycles. The number of hydrogen-bond acceptors (Lipinski definition) is 3. The molecule has 2 aromatic heterocycles. The normalized spacial score (nSPS) is 20.7. The number of aryl methyl sites for hydroxylation is 1. The summed E-state index contributed by atoms with van der Waals surface area (Å²) in [5.74, 6) is 1.01. The first-order chi connectivity index (χ1) is 8.74. The molecule has 3 nitrogen and oxygen atoms in total. The van der Waals surface area contributed by atoms with Gasteiger partial charge in [0.2, 0.25) is 0 Å². The van der Waals surface area contributed by atoms with Crippen molar-refractivity contribution in [2.24, 2.45) is 0 Å². The second-order valence-corrected chi connectivity index (χ2v) is 7.25. The van der Waals surface area contributed by atoms with Crippen LogP contribution in [0.25, 0.3) is 0 Å². The van der Waals surface area contributed by atoms with Crippen LogP contribution in [-0.2, 0) is 6.42 Å². The number of hydrogen-bond donors (Lipinski definition) is 2. The molecule has 3 rings (SSSR count). The smallest absolute Gasteiger partial charge is 0.122 e. The van der Waals surface area contributed by atoms with Gasteiger partial charge in [-0.25, -0.2) is 4.98 Å². The molecule has 2 unspecified atom stereocenters. The van der Waals surface area contributed by atoms with E-state index in [2.05, 4.69) is 44.2 Å². The average Bonchev–Trinajstić information content (AvgIpc) is 2.96. The van der Waals surface area contributed by atoms with Crippen molar-refractivity contribution >= 4 is 27.3 Å². The van der Waals surface area contributed by atoms with E-state index < -0.39 is 0 Å². The number of imidazole rings is 1. The van der Waals surface area contributed by atoms with Crippen LogP contribution in [0.4, 0.5) is 0 Å². The Kier molecular flexibility index (Phi) is 3.54. The van der Waals surface area contributed by atoms with E-state index in [1.807, 2.05) is 17.5 Å². The molecule has 96 valence electrons. The van der Waals surface area contributed by atoms with E-state index in [0.717, 1.165) is 5.82 Å². The number of aromatic nitrogens is 2. The third kappa shape index (κ3) is 2.39. The van der Waals surface area contributed by atoms with Gasteiger partial charge in [-0.1, -0.05) is 0 Å². The molecule has 1 aliphatic rings. The zero-order valence-electron chi connectivity index (χ0n) is 10.2. The second kappa shape index (κ2) is 5.15. The lowest BCUT2D eigenvalue weighted by molar-refractivity contribution is 0.410. The lowest BCUT2D eigenvalue weighted by atomic mass is 9.93. The van der Waals surface area contributed by atoms with Crippen molar-refractivity contribution in [2.45, 2.75) is 38.3 Å². The average molecular weight is 326 g/mol. The fraction of sp³-hybridized carbons (Fsp3) is 0.462. The summed E-state index contributed by atoms with van der Waals surface area (Å²) in [6, 6.07) is 2.98. The maximum atomic E-state index is 4.32. The summed E-state index contributed by atoms with van der Waals surface area (Å²) in [5, 5.41) is 3.68. The monoisotopic (exact) mass is 325 g/mol. The molecule has 0 radical (unpaired) electrons. The SMILES string of the molecule is CC(NC1CCCc2sc(Br)cc21)c1ncc[nH]1. The molecule has 2 heterocycles. The number of H-pyrrole nitrogens is 1. The zero-order valence-corrected chi connectivity index (χ0v) is 12.6. The fourth-order valence-electron chi connectivity index (χ4n) is 2.59. The summed E-state index contributed by atoms with van der Waals surface area (Å²) >= 11 is 5.47. The summed E-state index contributed by atoms with van der Waals surface area (Å²) in [4.78, 5) is 9.02. The van der Waals surface area contributed by atoms with Gasteiger partial charge in [-0.2, -0.15) is 0 Å². The van der Waals surface area contributed by atoms with E-state index in [1.165, 1.54) is 33.5 Å². The maximum Gasteiger partial charge on any atom is 0.122 e. The molecular formula is C13H16BrN3S. The molecule has 2 atom stereocenters. The number of fused-ring (bicyclic) bond motifs is 1. The highest BCUT2D eigenvalue weighted by molar-refractivity contribution is 9.11. The Morgan fingerprint density at radius 2 is 2.50 bits per heavy atom. The van der Waals surface area contributed by atoms with E-state index in [0.29, 0.717) is 6.04 Å². The van der Waals surface area contributed by atoms with Crippen molar-refractivity contribution in [1.29, 1.82) is 0 Å². The molecule has 18 heavy (non-hydrogen) atoms. The van der Waals surface area contributed by atoms with Crippen LogP contribution in [-0.4, -0.2) is 9.97 Å². The van der Waals surface area contributed by atoms with E-state index in [-0.39, 0.29) is 6.04 Å². The highest BCUT2D eigenvalue weighted by Crippen LogP contribution is 2.38. The third-order valence-electron chi connectivity index (χ3n) is 3.46. The maximum absolute atomic E-state index is 4.32. The Balaban J connectivity index is 1.78. The molecule has 2 aromatic rings. The van der Waals surface area contributed by atoms with Crippen LogP contribution < -0.4 is 5.32 Å². The number of nitrogens with one attached hydrogen (secondary N) is 2. The molecule has 0 aromatic carbocycles. The Labute approximate surface area is 119 Å². The van der Waals surface area contributed by atoms with Gasteiger partial charge < -0.3 is 10.3 Å². The van der Waals surface area contributed by atoms with Gasteiger partial charge in [-0.05, 0) is 53.7 Å². The quantitative estimate of drug-likeness (QED) is 0.896. The van der Waals surface area contributed by atoms with Crippen LogP contribution in [0.3, 0.4) is 0 Å². The Morgan fingerprint density at radius 3 is 3.28 bits per heavy atom. The number of halogens is 1. The third-order valence-corrected chi connectivity index (χ3v) is 5.18. The molecule has 0 bridgehead atoms. The van der Waals surface area contributed by atoms with Gasteiger partial charge in [0.1, 0.15) is 5.82 Å². The van der Waals surface area contributed by atoms with Crippen molar-refractivity contribution in [3.63, 3.8) is 0 Å². The minimum absolute atomic E-state index is 0.259. The molecule has 0 fully saturated rings. The molecule has 0 aliphatic heterocycles. The first kappa shape index (κ1) is 12.4. The second-order valence-electron chi connectivity index (χ2n) is 4.74. The van der Waals surface area contributed by atoms with Gasteiger partial charge in [0.25, 0.3) is 0 Å². The molecule has 2 N–H and O–H groups in total. The number of rotatable bonds is 3. The van der Waals surface area contributed by atoms with Gasteiger partial charge in [0.05, 0.1) is 9.83 Å². The Morgan fingerprint density at radius 1 is 1.61 bits per heavy atom. The minimum atomic E-state index is 0.259. The van der Waals surface area contributed by atoms with Gasteiger partial charge >= 0.3 is 0 Å². The predicted octanol–water partition coefficient (Wildman–Crippen LogP) is 3.96. The van der Waals surface area contributed by atoms with Crippen LogP contribution >= 0.6 is 27.3 Å². The largest absolute Gasteiger partial charge is 0.347 e. The van der Waals surface area contributed by atoms with Gasteiger partial charge in [-0.3, -0.25) is 0 Å². The number of thiophene rings is 1. The van der Waals surface area contributed by atoms with E-state index in [1.54, 1.807) is 6.20 Å².